The highest BCUT2D eigenvalue weighted by Crippen LogP contribution is 2.64. The Balaban J connectivity index is 1.30. The van der Waals surface area contributed by atoms with Gasteiger partial charge < -0.3 is 5.11 Å². The Bertz CT molecular complexity index is 1990. The van der Waals surface area contributed by atoms with Crippen LogP contribution in [0.25, 0.3) is 0 Å². The second-order valence-corrected chi connectivity index (χ2v) is 14.5. The Kier molecular flexibility index (Phi) is 7.14. The topological polar surface area (TPSA) is 107 Å². The van der Waals surface area contributed by atoms with E-state index in [0.29, 0.717) is 23.2 Å². The number of rotatable bonds is 6. The van der Waals surface area contributed by atoms with Crippen LogP contribution in [0.1, 0.15) is 45.9 Å². The maximum absolute atomic E-state index is 15.2. The lowest BCUT2D eigenvalue weighted by Crippen LogP contribution is -2.53. The van der Waals surface area contributed by atoms with Gasteiger partial charge in [-0.2, -0.15) is 5.01 Å². The molecular weight excluding hydrogens is 623 g/mol. The standard InChI is InChI=1S/C39H35N3O5S/c1-22-10-13-26(14-11-22)40-42-36(45)31-20-30-28(15-16-29-33(30)37(46)41(35(29)44)21-27-9-6-18-48-27)34(24-12-17-32(43)23(2)19-24)39(31,38(42)47)25-7-4-3-5-8-25/h3-15,17-19,29-31,33-34,40,43H,16,20-21H2,1-2H3/t29-,30+,31-,33-,34-,39+/m0/s1. The van der Waals surface area contributed by atoms with Crippen LogP contribution in [-0.4, -0.2) is 38.6 Å². The molecule has 0 spiro atoms. The molecule has 48 heavy (non-hydrogen) atoms. The summed E-state index contributed by atoms with van der Waals surface area (Å²) < 4.78 is 0. The number of carbonyl (C=O) groups is 4. The van der Waals surface area contributed by atoms with Crippen molar-refractivity contribution >= 4 is 40.7 Å². The smallest absolute Gasteiger partial charge is 0.260 e. The number of anilines is 1. The molecule has 2 saturated heterocycles. The second-order valence-electron chi connectivity index (χ2n) is 13.5. The lowest BCUT2D eigenvalue weighted by atomic mass is 9.49. The van der Waals surface area contributed by atoms with Crippen molar-refractivity contribution in [3.05, 3.63) is 129 Å². The molecule has 8 rings (SSSR count). The van der Waals surface area contributed by atoms with Crippen LogP contribution in [0.4, 0.5) is 5.69 Å². The van der Waals surface area contributed by atoms with Crippen molar-refractivity contribution in [1.29, 1.82) is 0 Å². The van der Waals surface area contributed by atoms with Crippen LogP contribution in [0.5, 0.6) is 5.75 Å². The highest BCUT2D eigenvalue weighted by atomic mass is 32.1. The quantitative estimate of drug-likeness (QED) is 0.187. The van der Waals surface area contributed by atoms with Gasteiger partial charge in [-0.1, -0.05) is 77.9 Å². The molecule has 8 nitrogen and oxygen atoms in total. The average Bonchev–Trinajstić information content (AvgIpc) is 3.76. The molecule has 3 aromatic carbocycles. The van der Waals surface area contributed by atoms with E-state index in [1.807, 2.05) is 98.1 Å². The predicted octanol–water partition coefficient (Wildman–Crippen LogP) is 6.26. The summed E-state index contributed by atoms with van der Waals surface area (Å²) in [6, 6.07) is 26.2. The summed E-state index contributed by atoms with van der Waals surface area (Å²) >= 11 is 1.51. The van der Waals surface area contributed by atoms with Crippen LogP contribution in [0, 0.1) is 37.5 Å². The van der Waals surface area contributed by atoms with Gasteiger partial charge in [-0.15, -0.1) is 11.3 Å². The molecule has 4 aliphatic rings. The SMILES string of the molecule is Cc1ccc(NN2C(=O)[C@@H]3C[C@@H]4C(=CC[C@@H]5C(=O)N(Cc6cccs6)C(=O)[C@@H]54)[C@H](c4ccc(O)c(C)c4)[C@]3(c3ccccc3)C2=O)cc1. The summed E-state index contributed by atoms with van der Waals surface area (Å²) in [5.41, 5.74) is 6.49. The molecule has 0 bridgehead atoms. The lowest BCUT2D eigenvalue weighted by Gasteiger charge is -2.50. The number of nitrogens with zero attached hydrogens (tertiary/aromatic N) is 2. The average molecular weight is 658 g/mol. The number of allylic oxidation sites excluding steroid dienone is 2. The first kappa shape index (κ1) is 30.3. The molecule has 4 amide bonds. The number of nitrogens with one attached hydrogen (secondary N) is 1. The molecule has 0 unspecified atom stereocenters. The highest BCUT2D eigenvalue weighted by molar-refractivity contribution is 7.09. The van der Waals surface area contributed by atoms with Gasteiger partial charge in [0.2, 0.25) is 11.8 Å². The minimum atomic E-state index is -1.34. The molecule has 9 heteroatoms. The highest BCUT2D eigenvalue weighted by Gasteiger charge is 2.70. The zero-order valence-corrected chi connectivity index (χ0v) is 27.4. The Labute approximate surface area is 282 Å². The Morgan fingerprint density at radius 2 is 1.65 bits per heavy atom. The number of phenols is 1. The van der Waals surface area contributed by atoms with Crippen LogP contribution < -0.4 is 5.43 Å². The van der Waals surface area contributed by atoms with Crippen molar-refractivity contribution in [2.75, 3.05) is 5.43 Å². The van der Waals surface area contributed by atoms with E-state index in [1.54, 1.807) is 6.07 Å². The van der Waals surface area contributed by atoms with E-state index < -0.39 is 35.0 Å². The van der Waals surface area contributed by atoms with Gasteiger partial charge in [0.15, 0.2) is 0 Å². The number of aromatic hydroxyl groups is 1. The number of aryl methyl sites for hydroxylation is 2. The number of phenolic OH excluding ortho intramolecular Hbond substituents is 1. The van der Waals surface area contributed by atoms with Gasteiger partial charge in [0.05, 0.1) is 35.4 Å². The molecule has 242 valence electrons. The fraction of sp³-hybridized carbons (Fsp3) is 0.282. The van der Waals surface area contributed by atoms with Gasteiger partial charge in [-0.25, -0.2) is 0 Å². The molecule has 2 N–H and O–H groups in total. The molecule has 3 fully saturated rings. The van der Waals surface area contributed by atoms with Gasteiger partial charge in [-0.3, -0.25) is 29.5 Å². The summed E-state index contributed by atoms with van der Waals surface area (Å²) in [6.45, 7) is 4.01. The minimum Gasteiger partial charge on any atom is -0.508 e. The molecule has 1 saturated carbocycles. The third kappa shape index (κ3) is 4.40. The zero-order valence-electron chi connectivity index (χ0n) is 26.6. The van der Waals surface area contributed by atoms with Gasteiger partial charge in [0.25, 0.3) is 11.8 Å². The van der Waals surface area contributed by atoms with E-state index in [4.69, 9.17) is 0 Å². The largest absolute Gasteiger partial charge is 0.508 e. The third-order valence-corrected chi connectivity index (χ3v) is 11.8. The van der Waals surface area contributed by atoms with E-state index in [9.17, 15) is 19.5 Å². The normalized spacial score (nSPS) is 27.9. The molecular formula is C39H35N3O5S. The van der Waals surface area contributed by atoms with Crippen molar-refractivity contribution in [2.24, 2.45) is 23.7 Å². The van der Waals surface area contributed by atoms with E-state index in [1.165, 1.54) is 21.2 Å². The first-order valence-electron chi connectivity index (χ1n) is 16.3. The fourth-order valence-electron chi connectivity index (χ4n) is 8.76. The summed E-state index contributed by atoms with van der Waals surface area (Å²) in [5.74, 6) is -4.01. The number of carbonyl (C=O) groups excluding carboxylic acids is 4. The van der Waals surface area contributed by atoms with Crippen LogP contribution in [-0.2, 0) is 31.1 Å². The number of hydrazine groups is 1. The van der Waals surface area contributed by atoms with Gasteiger partial charge in [-0.05, 0) is 78.9 Å². The summed E-state index contributed by atoms with van der Waals surface area (Å²) in [7, 11) is 0. The number of hydrogen-bond donors (Lipinski definition) is 2. The molecule has 0 radical (unpaired) electrons. The van der Waals surface area contributed by atoms with Crippen LogP contribution in [0.15, 0.2) is 102 Å². The molecule has 3 heterocycles. The third-order valence-electron chi connectivity index (χ3n) is 10.9. The van der Waals surface area contributed by atoms with E-state index in [-0.39, 0.29) is 42.3 Å². The van der Waals surface area contributed by atoms with E-state index in [0.717, 1.165) is 21.6 Å². The summed E-state index contributed by atoms with van der Waals surface area (Å²) in [4.78, 5) is 60.3. The maximum atomic E-state index is 15.2. The number of hydrogen-bond acceptors (Lipinski definition) is 7. The van der Waals surface area contributed by atoms with Crippen molar-refractivity contribution < 1.29 is 24.3 Å². The van der Waals surface area contributed by atoms with Gasteiger partial charge in [0.1, 0.15) is 5.75 Å². The van der Waals surface area contributed by atoms with Crippen molar-refractivity contribution in [3.63, 3.8) is 0 Å². The molecule has 1 aromatic heterocycles. The van der Waals surface area contributed by atoms with E-state index in [2.05, 4.69) is 11.5 Å². The lowest BCUT2D eigenvalue weighted by molar-refractivity contribution is -0.141. The summed E-state index contributed by atoms with van der Waals surface area (Å²) in [6.07, 6.45) is 2.68. The zero-order chi connectivity index (χ0) is 33.3. The Hall–Kier alpha value is -5.02. The predicted molar refractivity (Wildman–Crippen MR) is 182 cm³/mol. The first-order chi connectivity index (χ1) is 23.2. The Morgan fingerprint density at radius 3 is 2.35 bits per heavy atom. The Morgan fingerprint density at radius 1 is 0.875 bits per heavy atom. The number of imide groups is 2. The molecule has 6 atom stereocenters. The molecule has 2 aliphatic heterocycles. The van der Waals surface area contributed by atoms with E-state index >= 15 is 4.79 Å². The molecule has 4 aromatic rings. The monoisotopic (exact) mass is 657 g/mol. The minimum absolute atomic E-state index is 0.131. The maximum Gasteiger partial charge on any atom is 0.260 e. The van der Waals surface area contributed by atoms with Crippen molar-refractivity contribution in [2.45, 2.75) is 44.6 Å². The van der Waals surface area contributed by atoms with Crippen LogP contribution >= 0.6 is 11.3 Å². The summed E-state index contributed by atoms with van der Waals surface area (Å²) in [5, 5.41) is 13.6. The fourth-order valence-corrected chi connectivity index (χ4v) is 9.45. The second kappa shape index (κ2) is 11.3. The molecule has 2 aliphatic carbocycles. The van der Waals surface area contributed by atoms with Gasteiger partial charge in [0, 0.05) is 10.8 Å². The number of benzene rings is 3. The number of likely N-dealkylation sites (tertiary alicyclic amines) is 1. The van der Waals surface area contributed by atoms with Crippen molar-refractivity contribution in [3.8, 4) is 5.75 Å². The van der Waals surface area contributed by atoms with Gasteiger partial charge >= 0.3 is 0 Å². The number of fused-ring (bicyclic) bond motifs is 4. The number of thiophene rings is 1. The van der Waals surface area contributed by atoms with Crippen molar-refractivity contribution in [1.82, 2.24) is 9.91 Å². The van der Waals surface area contributed by atoms with Crippen LogP contribution in [0.2, 0.25) is 0 Å². The number of amides is 4. The first-order valence-corrected chi connectivity index (χ1v) is 17.2. The van der Waals surface area contributed by atoms with Crippen LogP contribution in [0.3, 0.4) is 0 Å².